The number of aldehydes is 1. The Morgan fingerprint density at radius 2 is 1.62 bits per heavy atom. The third-order valence-corrected chi connectivity index (χ3v) is 7.81. The van der Waals surface area contributed by atoms with Gasteiger partial charge in [-0.1, -0.05) is 24.3 Å². The molecule has 1 amide bonds. The summed E-state index contributed by atoms with van der Waals surface area (Å²) in [6.07, 6.45) is 4.39. The minimum atomic E-state index is -0.319. The highest BCUT2D eigenvalue weighted by molar-refractivity contribution is 5.74. The number of hydrogen-bond acceptors (Lipinski definition) is 5. The molecule has 1 N–H and O–H groups in total. The largest absolute Gasteiger partial charge is 0.490 e. The van der Waals surface area contributed by atoms with Crippen molar-refractivity contribution in [3.8, 4) is 5.75 Å². The summed E-state index contributed by atoms with van der Waals surface area (Å²) in [5.41, 5.74) is 5.13. The second-order valence-corrected chi connectivity index (χ2v) is 11.2. The van der Waals surface area contributed by atoms with Crippen molar-refractivity contribution in [2.75, 3.05) is 19.6 Å². The van der Waals surface area contributed by atoms with Gasteiger partial charge in [-0.3, -0.25) is 14.5 Å². The number of benzene rings is 3. The van der Waals surface area contributed by atoms with Gasteiger partial charge in [0.15, 0.2) is 0 Å². The quantitative estimate of drug-likeness (QED) is 0.306. The normalized spacial score (nSPS) is 18.9. The molecule has 0 radical (unpaired) electrons. The maximum Gasteiger partial charge on any atom is 0.207 e. The molecule has 3 aromatic rings. The molecule has 0 spiro atoms. The maximum absolute atomic E-state index is 13.2. The Morgan fingerprint density at radius 1 is 0.976 bits per heavy atom. The van der Waals surface area contributed by atoms with E-state index in [2.05, 4.69) is 43.1 Å². The molecular formula is C34H40F2N2O4. The van der Waals surface area contributed by atoms with Crippen LogP contribution in [0.15, 0.2) is 60.7 Å². The highest BCUT2D eigenvalue weighted by atomic mass is 19.1. The van der Waals surface area contributed by atoms with E-state index in [1.165, 1.54) is 42.0 Å². The summed E-state index contributed by atoms with van der Waals surface area (Å²) < 4.78 is 38.1. The number of amides is 1. The van der Waals surface area contributed by atoms with Crippen LogP contribution >= 0.6 is 0 Å². The van der Waals surface area contributed by atoms with Crippen molar-refractivity contribution in [1.29, 1.82) is 0 Å². The first-order valence-electron chi connectivity index (χ1n) is 14.6. The molecule has 2 atom stereocenters. The molecule has 42 heavy (non-hydrogen) atoms. The van der Waals surface area contributed by atoms with Gasteiger partial charge < -0.3 is 14.8 Å². The number of ether oxygens (including phenoxy) is 2. The van der Waals surface area contributed by atoms with Crippen LogP contribution in [0.3, 0.4) is 0 Å². The zero-order valence-corrected chi connectivity index (χ0v) is 24.5. The van der Waals surface area contributed by atoms with Gasteiger partial charge in [0.25, 0.3) is 0 Å². The van der Waals surface area contributed by atoms with E-state index in [1.807, 2.05) is 12.1 Å². The van der Waals surface area contributed by atoms with Gasteiger partial charge in [-0.15, -0.1) is 0 Å². The van der Waals surface area contributed by atoms with E-state index in [0.29, 0.717) is 24.3 Å². The number of nitrogens with zero attached hydrogens (tertiary/aromatic N) is 1. The molecule has 0 aromatic heterocycles. The lowest BCUT2D eigenvalue weighted by Crippen LogP contribution is -2.42. The Labute approximate surface area is 247 Å². The standard InChI is InChI=1S/C27H35FN2O3.C7H5FO/c1-18(2)32-27-19(3)4-9-23-24(27)14-25(33-26(23)15-29-17-31)21-10-12-30(13-11-21)16-20-5-7-22(28)8-6-20;8-7-3-1-6(5-9)2-4-7/h4-9,17-18,21,25-26H,10-16H2,1-3H3,(H,29,31);1-5H. The van der Waals surface area contributed by atoms with Gasteiger partial charge >= 0.3 is 0 Å². The molecule has 8 heteroatoms. The number of halogens is 2. The summed E-state index contributed by atoms with van der Waals surface area (Å²) in [7, 11) is 0. The lowest BCUT2D eigenvalue weighted by atomic mass is 9.83. The van der Waals surface area contributed by atoms with E-state index >= 15 is 0 Å². The maximum atomic E-state index is 13.2. The minimum absolute atomic E-state index is 0.0951. The summed E-state index contributed by atoms with van der Waals surface area (Å²) in [6.45, 7) is 9.49. The van der Waals surface area contributed by atoms with Gasteiger partial charge in [-0.2, -0.15) is 0 Å². The molecule has 2 aliphatic heterocycles. The number of fused-ring (bicyclic) bond motifs is 1. The average Bonchev–Trinajstić information content (AvgIpc) is 2.99. The van der Waals surface area contributed by atoms with Crippen LogP contribution in [0.5, 0.6) is 5.75 Å². The second-order valence-electron chi connectivity index (χ2n) is 11.2. The minimum Gasteiger partial charge on any atom is -0.490 e. The summed E-state index contributed by atoms with van der Waals surface area (Å²) in [6, 6.07) is 16.4. The van der Waals surface area contributed by atoms with Crippen molar-refractivity contribution in [2.45, 2.75) is 64.9 Å². The molecule has 2 unspecified atom stereocenters. The number of likely N-dealkylation sites (tertiary alicyclic amines) is 1. The smallest absolute Gasteiger partial charge is 0.207 e. The van der Waals surface area contributed by atoms with Crippen LogP contribution < -0.4 is 10.1 Å². The highest BCUT2D eigenvalue weighted by Crippen LogP contribution is 2.41. The Balaban J connectivity index is 0.000000385. The number of carbonyl (C=O) groups is 2. The van der Waals surface area contributed by atoms with E-state index in [4.69, 9.17) is 9.47 Å². The molecule has 2 heterocycles. The number of aryl methyl sites for hydroxylation is 1. The van der Waals surface area contributed by atoms with Crippen molar-refractivity contribution in [2.24, 2.45) is 5.92 Å². The SMILES string of the molecule is Cc1ccc2c(c1OC(C)C)CC(C1CCN(Cc3ccc(F)cc3)CC1)OC2CNC=O.O=Cc1ccc(F)cc1. The van der Waals surface area contributed by atoms with Crippen molar-refractivity contribution in [3.63, 3.8) is 0 Å². The Bertz CT molecular complexity index is 1310. The van der Waals surface area contributed by atoms with Gasteiger partial charge in [0.05, 0.1) is 12.2 Å². The molecule has 3 aromatic carbocycles. The van der Waals surface area contributed by atoms with Crippen molar-refractivity contribution < 1.29 is 27.8 Å². The lowest BCUT2D eigenvalue weighted by Gasteiger charge is -2.41. The van der Waals surface area contributed by atoms with E-state index in [1.54, 1.807) is 0 Å². The Hall–Kier alpha value is -3.62. The predicted molar refractivity (Wildman–Crippen MR) is 159 cm³/mol. The van der Waals surface area contributed by atoms with E-state index in [9.17, 15) is 18.4 Å². The van der Waals surface area contributed by atoms with Crippen LogP contribution in [0, 0.1) is 24.5 Å². The summed E-state index contributed by atoms with van der Waals surface area (Å²) in [5.74, 6) is 0.914. The Morgan fingerprint density at radius 3 is 2.21 bits per heavy atom. The van der Waals surface area contributed by atoms with Gasteiger partial charge in [0.1, 0.15) is 29.8 Å². The summed E-state index contributed by atoms with van der Waals surface area (Å²) in [5, 5.41) is 2.81. The number of piperidine rings is 1. The second kappa shape index (κ2) is 15.0. The molecular weight excluding hydrogens is 538 g/mol. The molecule has 1 fully saturated rings. The lowest BCUT2D eigenvalue weighted by molar-refractivity contribution is -0.111. The molecule has 224 valence electrons. The summed E-state index contributed by atoms with van der Waals surface area (Å²) >= 11 is 0. The van der Waals surface area contributed by atoms with Crippen LogP contribution in [0.2, 0.25) is 0 Å². The molecule has 0 aliphatic carbocycles. The molecule has 0 bridgehead atoms. The number of hydrogen-bond donors (Lipinski definition) is 1. The van der Waals surface area contributed by atoms with Crippen molar-refractivity contribution in [1.82, 2.24) is 10.2 Å². The predicted octanol–water partition coefficient (Wildman–Crippen LogP) is 6.20. The zero-order valence-electron chi connectivity index (χ0n) is 24.5. The van der Waals surface area contributed by atoms with Crippen molar-refractivity contribution >= 4 is 12.7 Å². The molecule has 0 saturated carbocycles. The van der Waals surface area contributed by atoms with Crippen LogP contribution in [-0.4, -0.2) is 49.4 Å². The average molecular weight is 579 g/mol. The van der Waals surface area contributed by atoms with Crippen molar-refractivity contribution in [3.05, 3.63) is 100 Å². The van der Waals surface area contributed by atoms with Gasteiger partial charge in [-0.25, -0.2) is 8.78 Å². The topological polar surface area (TPSA) is 67.9 Å². The third kappa shape index (κ3) is 8.46. The molecule has 5 rings (SSSR count). The van der Waals surface area contributed by atoms with Crippen LogP contribution in [0.1, 0.15) is 65.4 Å². The van der Waals surface area contributed by atoms with Crippen LogP contribution in [-0.2, 0) is 22.5 Å². The van der Waals surface area contributed by atoms with Gasteiger partial charge in [-0.05, 0) is 106 Å². The summed E-state index contributed by atoms with van der Waals surface area (Å²) in [4.78, 5) is 23.4. The number of nitrogens with one attached hydrogen (secondary N) is 1. The Kier molecular flexibility index (Phi) is 11.2. The first-order chi connectivity index (χ1) is 20.3. The monoisotopic (exact) mass is 578 g/mol. The third-order valence-electron chi connectivity index (χ3n) is 7.81. The molecule has 6 nitrogen and oxygen atoms in total. The van der Waals surface area contributed by atoms with Gasteiger partial charge in [0.2, 0.25) is 6.41 Å². The fourth-order valence-corrected chi connectivity index (χ4v) is 5.67. The fourth-order valence-electron chi connectivity index (χ4n) is 5.67. The van der Waals surface area contributed by atoms with Gasteiger partial charge in [0, 0.05) is 30.6 Å². The number of carbonyl (C=O) groups excluding carboxylic acids is 2. The zero-order chi connectivity index (χ0) is 30.1. The van der Waals surface area contributed by atoms with E-state index < -0.39 is 0 Å². The van der Waals surface area contributed by atoms with Crippen LogP contribution in [0.4, 0.5) is 8.78 Å². The first kappa shape index (κ1) is 31.3. The molecule has 1 saturated heterocycles. The van der Waals surface area contributed by atoms with E-state index in [-0.39, 0.29) is 29.9 Å². The first-order valence-corrected chi connectivity index (χ1v) is 14.6. The molecule has 2 aliphatic rings. The van der Waals surface area contributed by atoms with Crippen LogP contribution in [0.25, 0.3) is 0 Å². The number of rotatable bonds is 9. The highest BCUT2D eigenvalue weighted by Gasteiger charge is 2.36. The van der Waals surface area contributed by atoms with E-state index in [0.717, 1.165) is 67.7 Å². The fraction of sp³-hybridized carbons (Fsp3) is 0.412.